The molecule has 1 aliphatic rings. The first-order chi connectivity index (χ1) is 23.3. The van der Waals surface area contributed by atoms with Crippen molar-refractivity contribution in [2.45, 2.75) is 265 Å². The Hall–Kier alpha value is -0.660. The van der Waals surface area contributed by atoms with Gasteiger partial charge in [0.15, 0.2) is 0 Å². The summed E-state index contributed by atoms with van der Waals surface area (Å²) in [6, 6.07) is 0. The Morgan fingerprint density at radius 1 is 0.277 bits per heavy atom. The molecule has 0 aromatic rings. The van der Waals surface area contributed by atoms with Crippen LogP contribution in [-0.4, -0.2) is 29.1 Å². The van der Waals surface area contributed by atoms with E-state index in [-0.39, 0.29) is 0 Å². The van der Waals surface area contributed by atoms with Gasteiger partial charge in [0.1, 0.15) is 6.17 Å². The van der Waals surface area contributed by atoms with Crippen LogP contribution in [0.3, 0.4) is 0 Å². The molecular formula is C45H90N2. The summed E-state index contributed by atoms with van der Waals surface area (Å²) >= 11 is 0. The fraction of sp³-hybridized carbons (Fsp3) is 0.956. The normalized spacial score (nSPS) is 14.7. The third-order valence-electron chi connectivity index (χ3n) is 11.1. The molecule has 1 aliphatic heterocycles. The molecule has 2 nitrogen and oxygen atoms in total. The van der Waals surface area contributed by atoms with Crippen molar-refractivity contribution in [1.29, 1.82) is 0 Å². The van der Waals surface area contributed by atoms with Gasteiger partial charge in [-0.2, -0.15) is 0 Å². The summed E-state index contributed by atoms with van der Waals surface area (Å²) in [5.74, 6) is 0. The van der Waals surface area contributed by atoms with Crippen molar-refractivity contribution in [3.8, 4) is 0 Å². The van der Waals surface area contributed by atoms with E-state index in [0.29, 0.717) is 6.17 Å². The minimum atomic E-state index is 0.638. The molecule has 0 amide bonds. The Morgan fingerprint density at radius 3 is 0.745 bits per heavy atom. The van der Waals surface area contributed by atoms with Crippen LogP contribution in [0.4, 0.5) is 0 Å². The summed E-state index contributed by atoms with van der Waals surface area (Å²) in [4.78, 5) is 5.40. The standard InChI is InChI=1S/C45H90N2/c1-4-7-10-12-14-16-18-20-22-24-26-28-30-32-34-36-39-42-47-44-43-46(45(47)40-37-9-6-3)41-38-35-33-31-29-27-25-23-21-19-17-15-13-11-8-5-2/h43-45H,4-42H2,1-3H3. The molecule has 1 heterocycles. The Balaban J connectivity index is 1.99. The maximum absolute atomic E-state index is 2.70. The van der Waals surface area contributed by atoms with Gasteiger partial charge in [-0.05, 0) is 25.7 Å². The van der Waals surface area contributed by atoms with Crippen molar-refractivity contribution in [3.63, 3.8) is 0 Å². The average Bonchev–Trinajstić information content (AvgIpc) is 3.47. The second-order valence-electron chi connectivity index (χ2n) is 15.7. The Bertz CT molecular complexity index is 615. The number of unbranched alkanes of at least 4 members (excludes halogenated alkanes) is 33. The lowest BCUT2D eigenvalue weighted by Gasteiger charge is -2.33. The first-order valence-electron chi connectivity index (χ1n) is 22.5. The Morgan fingerprint density at radius 2 is 0.489 bits per heavy atom. The van der Waals surface area contributed by atoms with Crippen molar-refractivity contribution in [3.05, 3.63) is 12.4 Å². The molecule has 0 spiro atoms. The van der Waals surface area contributed by atoms with E-state index in [1.54, 1.807) is 0 Å². The molecular weight excluding hydrogens is 569 g/mol. The molecule has 0 N–H and O–H groups in total. The van der Waals surface area contributed by atoms with E-state index in [1.807, 2.05) is 0 Å². The van der Waals surface area contributed by atoms with E-state index >= 15 is 0 Å². The number of nitrogens with zero attached hydrogens (tertiary/aromatic N) is 2. The van der Waals surface area contributed by atoms with Crippen LogP contribution in [0.2, 0.25) is 0 Å². The molecule has 2 heteroatoms. The Kier molecular flexibility index (Phi) is 34.6. The monoisotopic (exact) mass is 659 g/mol. The zero-order valence-electron chi connectivity index (χ0n) is 33.2. The molecule has 0 aromatic carbocycles. The highest BCUT2D eigenvalue weighted by atomic mass is 15.4. The van der Waals surface area contributed by atoms with E-state index in [2.05, 4.69) is 43.0 Å². The maximum Gasteiger partial charge on any atom is 0.101 e. The van der Waals surface area contributed by atoms with Crippen LogP contribution in [0.25, 0.3) is 0 Å². The molecule has 0 aromatic heterocycles. The van der Waals surface area contributed by atoms with Crippen LogP contribution in [0, 0.1) is 0 Å². The molecule has 0 bridgehead atoms. The van der Waals surface area contributed by atoms with Gasteiger partial charge in [-0.15, -0.1) is 0 Å². The largest absolute Gasteiger partial charge is 0.356 e. The molecule has 0 aliphatic carbocycles. The van der Waals surface area contributed by atoms with Crippen molar-refractivity contribution in [1.82, 2.24) is 9.80 Å². The van der Waals surface area contributed by atoms with Crippen LogP contribution < -0.4 is 0 Å². The van der Waals surface area contributed by atoms with E-state index in [4.69, 9.17) is 0 Å². The smallest absolute Gasteiger partial charge is 0.101 e. The molecule has 0 saturated heterocycles. The van der Waals surface area contributed by atoms with Gasteiger partial charge in [-0.25, -0.2) is 0 Å². The second-order valence-corrected chi connectivity index (χ2v) is 15.7. The minimum Gasteiger partial charge on any atom is -0.356 e. The number of rotatable bonds is 39. The summed E-state index contributed by atoms with van der Waals surface area (Å²) in [5, 5.41) is 0. The summed E-state index contributed by atoms with van der Waals surface area (Å²) in [6.07, 6.45) is 58.9. The molecule has 1 unspecified atom stereocenters. The van der Waals surface area contributed by atoms with Gasteiger partial charge in [0.25, 0.3) is 0 Å². The number of hydrogen-bond acceptors (Lipinski definition) is 2. The summed E-state index contributed by atoms with van der Waals surface area (Å²) in [6.45, 7) is 9.50. The first-order valence-corrected chi connectivity index (χ1v) is 22.5. The van der Waals surface area contributed by atoms with Crippen LogP contribution >= 0.6 is 0 Å². The third kappa shape index (κ3) is 28.8. The van der Waals surface area contributed by atoms with Crippen LogP contribution in [-0.2, 0) is 0 Å². The quantitative estimate of drug-likeness (QED) is 0.0606. The molecule has 47 heavy (non-hydrogen) atoms. The van der Waals surface area contributed by atoms with E-state index in [9.17, 15) is 0 Å². The molecule has 0 fully saturated rings. The maximum atomic E-state index is 2.70. The summed E-state index contributed by atoms with van der Waals surface area (Å²) in [5.41, 5.74) is 0. The molecule has 1 atom stereocenters. The summed E-state index contributed by atoms with van der Waals surface area (Å²) < 4.78 is 0. The summed E-state index contributed by atoms with van der Waals surface area (Å²) in [7, 11) is 0. The lowest BCUT2D eigenvalue weighted by Crippen LogP contribution is -2.39. The van der Waals surface area contributed by atoms with Crippen LogP contribution in [0.5, 0.6) is 0 Å². The molecule has 0 radical (unpaired) electrons. The van der Waals surface area contributed by atoms with E-state index in [1.165, 1.54) is 251 Å². The molecule has 280 valence electrons. The zero-order chi connectivity index (χ0) is 33.7. The lowest BCUT2D eigenvalue weighted by molar-refractivity contribution is 0.135. The fourth-order valence-corrected chi connectivity index (χ4v) is 7.78. The van der Waals surface area contributed by atoms with Crippen LogP contribution in [0.1, 0.15) is 258 Å². The topological polar surface area (TPSA) is 6.48 Å². The molecule has 0 saturated carbocycles. The highest BCUT2D eigenvalue weighted by Gasteiger charge is 2.24. The SMILES string of the molecule is CCCCCCCCCCCCCCCCCCCN1C=CN(CCCCCCCCCCCCCCCCCC)C1CCCCC. The molecule has 1 rings (SSSR count). The van der Waals surface area contributed by atoms with Gasteiger partial charge in [0.2, 0.25) is 0 Å². The van der Waals surface area contributed by atoms with Gasteiger partial charge in [-0.1, -0.05) is 233 Å². The van der Waals surface area contributed by atoms with Gasteiger partial charge in [0.05, 0.1) is 0 Å². The highest BCUT2D eigenvalue weighted by molar-refractivity contribution is 4.97. The Labute approximate surface area is 299 Å². The van der Waals surface area contributed by atoms with E-state index < -0.39 is 0 Å². The van der Waals surface area contributed by atoms with E-state index in [0.717, 1.165) is 0 Å². The van der Waals surface area contributed by atoms with Gasteiger partial charge in [0, 0.05) is 25.5 Å². The van der Waals surface area contributed by atoms with Gasteiger partial charge in [-0.3, -0.25) is 0 Å². The predicted molar refractivity (Wildman–Crippen MR) is 214 cm³/mol. The predicted octanol–water partition coefficient (Wildman–Crippen LogP) is 15.9. The van der Waals surface area contributed by atoms with Gasteiger partial charge >= 0.3 is 0 Å². The van der Waals surface area contributed by atoms with Gasteiger partial charge < -0.3 is 9.80 Å². The van der Waals surface area contributed by atoms with Crippen molar-refractivity contribution >= 4 is 0 Å². The van der Waals surface area contributed by atoms with Crippen LogP contribution in [0.15, 0.2) is 12.4 Å². The highest BCUT2D eigenvalue weighted by Crippen LogP contribution is 2.24. The average molecular weight is 659 g/mol. The first kappa shape index (κ1) is 44.4. The van der Waals surface area contributed by atoms with Crippen molar-refractivity contribution in [2.75, 3.05) is 13.1 Å². The third-order valence-corrected chi connectivity index (χ3v) is 11.1. The van der Waals surface area contributed by atoms with Crippen molar-refractivity contribution in [2.24, 2.45) is 0 Å². The van der Waals surface area contributed by atoms with Crippen molar-refractivity contribution < 1.29 is 0 Å². The lowest BCUT2D eigenvalue weighted by atomic mass is 10.0. The zero-order valence-corrected chi connectivity index (χ0v) is 33.2. The number of hydrogen-bond donors (Lipinski definition) is 0. The minimum absolute atomic E-state index is 0.638. The second kappa shape index (κ2) is 36.6. The fourth-order valence-electron chi connectivity index (χ4n) is 7.78.